The van der Waals surface area contributed by atoms with E-state index in [1.807, 2.05) is 48.5 Å². The minimum Gasteiger partial charge on any atom is -0.294 e. The van der Waals surface area contributed by atoms with Gasteiger partial charge < -0.3 is 0 Å². The summed E-state index contributed by atoms with van der Waals surface area (Å²) in [5.74, 6) is 0.251. The van der Waals surface area contributed by atoms with Gasteiger partial charge in [0.25, 0.3) is 0 Å². The zero-order chi connectivity index (χ0) is 22.0. The molecule has 0 aliphatic rings. The monoisotopic (exact) mass is 418 g/mol. The summed E-state index contributed by atoms with van der Waals surface area (Å²) < 4.78 is 0. The van der Waals surface area contributed by atoms with Gasteiger partial charge in [0, 0.05) is 12.0 Å². The van der Waals surface area contributed by atoms with Crippen molar-refractivity contribution in [3.8, 4) is 22.3 Å². The molecule has 0 aliphatic heterocycles. The number of hydrogen-bond donors (Lipinski definition) is 0. The molecule has 0 unspecified atom stereocenters. The van der Waals surface area contributed by atoms with E-state index in [4.69, 9.17) is 0 Å². The molecule has 0 fully saturated rings. The van der Waals surface area contributed by atoms with E-state index in [1.165, 1.54) is 35.1 Å². The fourth-order valence-electron chi connectivity index (χ4n) is 4.09. The van der Waals surface area contributed by atoms with Gasteiger partial charge in [-0.3, -0.25) is 4.79 Å². The number of carbonyl (C=O) groups is 1. The van der Waals surface area contributed by atoms with Crippen LogP contribution in [0.5, 0.6) is 0 Å². The maximum atomic E-state index is 12.5. The van der Waals surface area contributed by atoms with Gasteiger partial charge >= 0.3 is 0 Å². The molecule has 4 aromatic carbocycles. The van der Waals surface area contributed by atoms with Gasteiger partial charge in [0.1, 0.15) is 0 Å². The fraction of sp³-hybridized carbons (Fsp3) is 0.194. The van der Waals surface area contributed by atoms with Crippen molar-refractivity contribution in [2.75, 3.05) is 0 Å². The summed E-state index contributed by atoms with van der Waals surface area (Å²) in [6.07, 6.45) is 6.15. The number of aryl methyl sites for hydroxylation is 1. The van der Waals surface area contributed by atoms with Crippen LogP contribution in [0.25, 0.3) is 22.3 Å². The number of hydrogen-bond acceptors (Lipinski definition) is 1. The number of ketones is 1. The predicted molar refractivity (Wildman–Crippen MR) is 135 cm³/mol. The molecule has 0 heterocycles. The molecule has 0 spiro atoms. The van der Waals surface area contributed by atoms with E-state index in [0.29, 0.717) is 6.42 Å². The molecule has 0 amide bonds. The maximum absolute atomic E-state index is 12.5. The van der Waals surface area contributed by atoms with Gasteiger partial charge in [-0.1, -0.05) is 122 Å². The summed E-state index contributed by atoms with van der Waals surface area (Å²) >= 11 is 0. The molecular formula is C31H30O. The van der Waals surface area contributed by atoms with Crippen molar-refractivity contribution in [3.05, 3.63) is 120 Å². The fourth-order valence-corrected chi connectivity index (χ4v) is 4.09. The molecule has 0 radical (unpaired) electrons. The Labute approximate surface area is 191 Å². The number of carbonyl (C=O) groups excluding carboxylic acids is 1. The summed E-state index contributed by atoms with van der Waals surface area (Å²) in [7, 11) is 0. The summed E-state index contributed by atoms with van der Waals surface area (Å²) in [4.78, 5) is 12.5. The lowest BCUT2D eigenvalue weighted by atomic mass is 9.99. The highest BCUT2D eigenvalue weighted by Gasteiger charge is 2.06. The van der Waals surface area contributed by atoms with Crippen LogP contribution in [0.1, 0.15) is 48.0 Å². The van der Waals surface area contributed by atoms with Crippen molar-refractivity contribution < 1.29 is 4.79 Å². The minimum absolute atomic E-state index is 0.251. The van der Waals surface area contributed by atoms with Gasteiger partial charge in [0.05, 0.1) is 0 Å². The van der Waals surface area contributed by atoms with Gasteiger partial charge in [-0.15, -0.1) is 0 Å². The molecule has 4 rings (SSSR count). The van der Waals surface area contributed by atoms with Crippen molar-refractivity contribution in [1.82, 2.24) is 0 Å². The molecule has 0 N–H and O–H groups in total. The largest absolute Gasteiger partial charge is 0.294 e. The second-order valence-corrected chi connectivity index (χ2v) is 8.34. The Morgan fingerprint density at radius 3 is 1.50 bits per heavy atom. The third kappa shape index (κ3) is 6.04. The van der Waals surface area contributed by atoms with E-state index in [9.17, 15) is 4.79 Å². The molecule has 0 bridgehead atoms. The average molecular weight is 419 g/mol. The highest BCUT2D eigenvalue weighted by Crippen LogP contribution is 2.21. The number of unbranched alkanes of at least 4 members (excludes halogenated alkanes) is 3. The van der Waals surface area contributed by atoms with Crippen molar-refractivity contribution in [2.45, 2.75) is 38.5 Å². The second kappa shape index (κ2) is 11.2. The Morgan fingerprint density at radius 2 is 0.938 bits per heavy atom. The molecule has 0 saturated heterocycles. The van der Waals surface area contributed by atoms with Crippen LogP contribution in [0, 0.1) is 0 Å². The molecule has 1 heteroatoms. The molecule has 0 aliphatic carbocycles. The topological polar surface area (TPSA) is 17.1 Å². The summed E-state index contributed by atoms with van der Waals surface area (Å²) in [5.41, 5.74) is 7.07. The van der Waals surface area contributed by atoms with E-state index in [2.05, 4.69) is 60.7 Å². The Balaban J connectivity index is 1.15. The van der Waals surface area contributed by atoms with Gasteiger partial charge in [-0.05, 0) is 47.1 Å². The van der Waals surface area contributed by atoms with E-state index >= 15 is 0 Å². The predicted octanol–water partition coefficient (Wildman–Crippen LogP) is 8.40. The van der Waals surface area contributed by atoms with Crippen LogP contribution >= 0.6 is 0 Å². The van der Waals surface area contributed by atoms with Gasteiger partial charge in [0.2, 0.25) is 0 Å². The van der Waals surface area contributed by atoms with Crippen LogP contribution in [0.15, 0.2) is 109 Å². The van der Waals surface area contributed by atoms with Crippen LogP contribution in [-0.4, -0.2) is 5.78 Å². The Kier molecular flexibility index (Phi) is 7.65. The Hall–Kier alpha value is -3.45. The first-order valence-corrected chi connectivity index (χ1v) is 11.6. The van der Waals surface area contributed by atoms with Gasteiger partial charge in [0.15, 0.2) is 5.78 Å². The van der Waals surface area contributed by atoms with Crippen molar-refractivity contribution in [2.24, 2.45) is 0 Å². The van der Waals surface area contributed by atoms with Crippen LogP contribution in [-0.2, 0) is 6.42 Å². The van der Waals surface area contributed by atoms with Crippen LogP contribution < -0.4 is 0 Å². The molecule has 160 valence electrons. The molecule has 0 atom stereocenters. The van der Waals surface area contributed by atoms with E-state index in [-0.39, 0.29) is 5.78 Å². The number of Topliss-reactive ketones (excluding diaryl/α,β-unsaturated/α-hetero) is 1. The third-order valence-electron chi connectivity index (χ3n) is 5.99. The lowest BCUT2D eigenvalue weighted by Gasteiger charge is -2.06. The molecular weight excluding hydrogens is 388 g/mol. The first-order valence-electron chi connectivity index (χ1n) is 11.6. The Morgan fingerprint density at radius 1 is 0.469 bits per heavy atom. The summed E-state index contributed by atoms with van der Waals surface area (Å²) in [6.45, 7) is 0. The first kappa shape index (κ1) is 21.8. The summed E-state index contributed by atoms with van der Waals surface area (Å²) in [5, 5.41) is 0. The maximum Gasteiger partial charge on any atom is 0.162 e. The summed E-state index contributed by atoms with van der Waals surface area (Å²) in [6, 6.07) is 37.7. The molecule has 0 saturated carbocycles. The molecule has 1 nitrogen and oxygen atoms in total. The number of benzene rings is 4. The SMILES string of the molecule is O=C(CCCCCCc1ccc(-c2ccccc2)cc1)c1ccc(-c2ccccc2)cc1. The second-order valence-electron chi connectivity index (χ2n) is 8.34. The zero-order valence-corrected chi connectivity index (χ0v) is 18.5. The van der Waals surface area contributed by atoms with Gasteiger partial charge in [-0.2, -0.15) is 0 Å². The van der Waals surface area contributed by atoms with Crippen molar-refractivity contribution in [1.29, 1.82) is 0 Å². The van der Waals surface area contributed by atoms with Crippen molar-refractivity contribution in [3.63, 3.8) is 0 Å². The third-order valence-corrected chi connectivity index (χ3v) is 5.99. The van der Waals surface area contributed by atoms with Crippen molar-refractivity contribution >= 4 is 5.78 Å². The first-order chi connectivity index (χ1) is 15.8. The van der Waals surface area contributed by atoms with Crippen LogP contribution in [0.3, 0.4) is 0 Å². The average Bonchev–Trinajstić information content (AvgIpc) is 2.87. The Bertz CT molecular complexity index is 1090. The molecule has 4 aromatic rings. The highest BCUT2D eigenvalue weighted by atomic mass is 16.1. The standard InChI is InChI=1S/C31H30O/c32-31(30-23-21-29(22-24-30)27-14-8-4-9-15-27)16-10-2-1-5-11-25-17-19-28(20-18-25)26-12-6-3-7-13-26/h3-4,6-9,12-15,17-24H,1-2,5,10-11,16H2. The van der Waals surface area contributed by atoms with Gasteiger partial charge in [-0.25, -0.2) is 0 Å². The number of rotatable bonds is 10. The lowest BCUT2D eigenvalue weighted by Crippen LogP contribution is -1.99. The highest BCUT2D eigenvalue weighted by molar-refractivity contribution is 5.96. The van der Waals surface area contributed by atoms with E-state index < -0.39 is 0 Å². The molecule has 0 aromatic heterocycles. The quantitative estimate of drug-likeness (QED) is 0.187. The minimum atomic E-state index is 0.251. The normalized spacial score (nSPS) is 10.8. The van der Waals surface area contributed by atoms with E-state index in [1.54, 1.807) is 0 Å². The molecule has 32 heavy (non-hydrogen) atoms. The van der Waals surface area contributed by atoms with Crippen LogP contribution in [0.4, 0.5) is 0 Å². The lowest BCUT2D eigenvalue weighted by molar-refractivity contribution is 0.0979. The van der Waals surface area contributed by atoms with Crippen LogP contribution in [0.2, 0.25) is 0 Å². The smallest absolute Gasteiger partial charge is 0.162 e. The van der Waals surface area contributed by atoms with E-state index in [0.717, 1.165) is 30.4 Å². The zero-order valence-electron chi connectivity index (χ0n) is 18.5.